The fourth-order valence-electron chi connectivity index (χ4n) is 4.33. The summed E-state index contributed by atoms with van der Waals surface area (Å²) in [6.45, 7) is 6.32. The van der Waals surface area contributed by atoms with E-state index in [1.165, 1.54) is 6.33 Å². The molecule has 1 atom stereocenters. The Hall–Kier alpha value is -4.10. The topological polar surface area (TPSA) is 81.1 Å². The van der Waals surface area contributed by atoms with Crippen LogP contribution in [0.4, 0.5) is 11.6 Å². The van der Waals surface area contributed by atoms with E-state index in [2.05, 4.69) is 20.7 Å². The zero-order valence-electron chi connectivity index (χ0n) is 20.2. The van der Waals surface area contributed by atoms with Gasteiger partial charge in [0.2, 0.25) is 5.95 Å². The van der Waals surface area contributed by atoms with Gasteiger partial charge >= 0.3 is 0 Å². The SMILES string of the molecule is CC1=C(C(=O)Nc2ccc(C)cc2C)[C@H](c2ccc(OCc3ccc(Cl)cc3)cc2)n2ncnc2N1. The number of hydrogen-bond donors (Lipinski definition) is 2. The first-order valence-electron chi connectivity index (χ1n) is 11.6. The quantitative estimate of drug-likeness (QED) is 0.337. The highest BCUT2D eigenvalue weighted by atomic mass is 35.5. The maximum absolute atomic E-state index is 13.6. The van der Waals surface area contributed by atoms with Gasteiger partial charge in [0.25, 0.3) is 5.91 Å². The summed E-state index contributed by atoms with van der Waals surface area (Å²) in [5.74, 6) is 1.12. The number of ether oxygens (including phenoxy) is 1. The average molecular weight is 500 g/mol. The number of anilines is 2. The first kappa shape index (κ1) is 23.6. The maximum atomic E-state index is 13.6. The number of allylic oxidation sites excluding steroid dienone is 1. The number of rotatable bonds is 6. The van der Waals surface area contributed by atoms with Crippen molar-refractivity contribution in [3.63, 3.8) is 0 Å². The number of carbonyl (C=O) groups is 1. The average Bonchev–Trinajstić information content (AvgIpc) is 3.33. The van der Waals surface area contributed by atoms with Crippen LogP contribution >= 0.6 is 11.6 Å². The van der Waals surface area contributed by atoms with Crippen LogP contribution in [0.15, 0.2) is 84.3 Å². The second-order valence-electron chi connectivity index (χ2n) is 8.85. The number of nitrogens with one attached hydrogen (secondary N) is 2. The van der Waals surface area contributed by atoms with Gasteiger partial charge in [-0.05, 0) is 67.8 Å². The van der Waals surface area contributed by atoms with Crippen LogP contribution in [0.1, 0.15) is 35.2 Å². The van der Waals surface area contributed by atoms with Crippen LogP contribution in [0.5, 0.6) is 5.75 Å². The molecule has 3 aromatic carbocycles. The van der Waals surface area contributed by atoms with Crippen LogP contribution in [0.3, 0.4) is 0 Å². The molecule has 182 valence electrons. The number of hydrogen-bond acceptors (Lipinski definition) is 5. The van der Waals surface area contributed by atoms with Gasteiger partial charge in [0.1, 0.15) is 24.7 Å². The molecule has 0 bridgehead atoms. The zero-order valence-corrected chi connectivity index (χ0v) is 21.0. The van der Waals surface area contributed by atoms with E-state index in [1.54, 1.807) is 4.68 Å². The van der Waals surface area contributed by atoms with E-state index < -0.39 is 6.04 Å². The van der Waals surface area contributed by atoms with Gasteiger partial charge in [-0.25, -0.2) is 4.68 Å². The first-order chi connectivity index (χ1) is 17.4. The van der Waals surface area contributed by atoms with Crippen LogP contribution in [0.2, 0.25) is 5.02 Å². The lowest BCUT2D eigenvalue weighted by atomic mass is 9.94. The molecule has 1 aliphatic heterocycles. The molecule has 0 unspecified atom stereocenters. The molecule has 1 aromatic heterocycles. The Morgan fingerprint density at radius 2 is 1.81 bits per heavy atom. The van der Waals surface area contributed by atoms with Crippen molar-refractivity contribution in [1.82, 2.24) is 14.8 Å². The Labute approximate surface area is 214 Å². The second kappa shape index (κ2) is 9.87. The van der Waals surface area contributed by atoms with Crippen molar-refractivity contribution >= 4 is 29.1 Å². The molecule has 0 spiro atoms. The van der Waals surface area contributed by atoms with E-state index in [-0.39, 0.29) is 5.91 Å². The fraction of sp³-hybridized carbons (Fsp3) is 0.179. The second-order valence-corrected chi connectivity index (χ2v) is 9.29. The van der Waals surface area contributed by atoms with Crippen molar-refractivity contribution in [2.45, 2.75) is 33.4 Å². The van der Waals surface area contributed by atoms with Gasteiger partial charge in [0.05, 0.1) is 5.57 Å². The largest absolute Gasteiger partial charge is 0.489 e. The minimum atomic E-state index is -0.445. The highest BCUT2D eigenvalue weighted by Crippen LogP contribution is 2.36. The van der Waals surface area contributed by atoms with Gasteiger partial charge in [-0.15, -0.1) is 0 Å². The van der Waals surface area contributed by atoms with Gasteiger partial charge in [-0.3, -0.25) is 4.79 Å². The van der Waals surface area contributed by atoms with Crippen molar-refractivity contribution in [2.24, 2.45) is 0 Å². The molecule has 2 N–H and O–H groups in total. The molecular formula is C28H26ClN5O2. The number of amides is 1. The summed E-state index contributed by atoms with van der Waals surface area (Å²) >= 11 is 5.96. The summed E-state index contributed by atoms with van der Waals surface area (Å²) < 4.78 is 7.67. The third-order valence-corrected chi connectivity index (χ3v) is 6.44. The third-order valence-electron chi connectivity index (χ3n) is 6.18. The van der Waals surface area contributed by atoms with Crippen LogP contribution in [-0.4, -0.2) is 20.7 Å². The predicted molar refractivity (Wildman–Crippen MR) is 141 cm³/mol. The van der Waals surface area contributed by atoms with Gasteiger partial charge in [-0.1, -0.05) is 53.6 Å². The van der Waals surface area contributed by atoms with E-state index in [9.17, 15) is 4.79 Å². The Bertz CT molecular complexity index is 1440. The van der Waals surface area contributed by atoms with E-state index in [4.69, 9.17) is 16.3 Å². The van der Waals surface area contributed by atoms with Gasteiger partial charge in [0.15, 0.2) is 0 Å². The number of fused-ring (bicyclic) bond motifs is 1. The van der Waals surface area contributed by atoms with E-state index >= 15 is 0 Å². The monoisotopic (exact) mass is 499 g/mol. The normalized spacial score (nSPS) is 14.7. The molecule has 1 amide bonds. The summed E-state index contributed by atoms with van der Waals surface area (Å²) in [6.07, 6.45) is 1.48. The number of aromatic nitrogens is 3. The molecule has 0 aliphatic carbocycles. The number of nitrogens with zero attached hydrogens (tertiary/aromatic N) is 3. The fourth-order valence-corrected chi connectivity index (χ4v) is 4.46. The highest BCUT2D eigenvalue weighted by Gasteiger charge is 2.33. The minimum absolute atomic E-state index is 0.193. The van der Waals surface area contributed by atoms with Crippen molar-refractivity contribution in [2.75, 3.05) is 10.6 Å². The van der Waals surface area contributed by atoms with Crippen LogP contribution in [0.25, 0.3) is 0 Å². The number of halogens is 1. The van der Waals surface area contributed by atoms with Crippen LogP contribution < -0.4 is 15.4 Å². The van der Waals surface area contributed by atoms with E-state index in [0.717, 1.165) is 39.4 Å². The molecule has 1 aliphatic rings. The lowest BCUT2D eigenvalue weighted by molar-refractivity contribution is -0.113. The van der Waals surface area contributed by atoms with Gasteiger partial charge < -0.3 is 15.4 Å². The predicted octanol–water partition coefficient (Wildman–Crippen LogP) is 6.05. The molecule has 7 nitrogen and oxygen atoms in total. The van der Waals surface area contributed by atoms with Crippen LogP contribution in [0, 0.1) is 13.8 Å². The van der Waals surface area contributed by atoms with Crippen molar-refractivity contribution in [3.8, 4) is 5.75 Å². The zero-order chi connectivity index (χ0) is 25.2. The molecule has 0 radical (unpaired) electrons. The van der Waals surface area contributed by atoms with E-state index in [1.807, 2.05) is 87.5 Å². The smallest absolute Gasteiger partial charge is 0.255 e. The molecule has 0 saturated carbocycles. The molecule has 2 heterocycles. The molecule has 5 rings (SSSR count). The number of carbonyl (C=O) groups excluding carboxylic acids is 1. The Kier molecular flexibility index (Phi) is 6.48. The summed E-state index contributed by atoms with van der Waals surface area (Å²) in [4.78, 5) is 17.9. The van der Waals surface area contributed by atoms with E-state index in [0.29, 0.717) is 23.2 Å². The van der Waals surface area contributed by atoms with Gasteiger partial charge in [0, 0.05) is 16.4 Å². The minimum Gasteiger partial charge on any atom is -0.489 e. The Balaban J connectivity index is 1.41. The lowest BCUT2D eigenvalue weighted by Gasteiger charge is -2.29. The maximum Gasteiger partial charge on any atom is 0.255 e. The number of benzene rings is 3. The summed E-state index contributed by atoms with van der Waals surface area (Å²) in [6, 6.07) is 20.8. The summed E-state index contributed by atoms with van der Waals surface area (Å²) in [5, 5.41) is 11.4. The molecular weight excluding hydrogens is 474 g/mol. The molecule has 0 fully saturated rings. The van der Waals surface area contributed by atoms with Crippen LogP contribution in [-0.2, 0) is 11.4 Å². The molecule has 8 heteroatoms. The number of aryl methyl sites for hydroxylation is 2. The Morgan fingerprint density at radius 3 is 2.53 bits per heavy atom. The standard InChI is InChI=1S/C28H26ClN5O2/c1-17-4-13-24(18(2)14-17)33-27(35)25-19(3)32-28-30-16-31-34(28)26(25)21-7-11-23(12-8-21)36-15-20-5-9-22(29)10-6-20/h4-14,16,26H,15H2,1-3H3,(H,33,35)(H,30,31,32)/t26-/m0/s1. The summed E-state index contributed by atoms with van der Waals surface area (Å²) in [7, 11) is 0. The van der Waals surface area contributed by atoms with Crippen molar-refractivity contribution in [1.29, 1.82) is 0 Å². The third kappa shape index (κ3) is 4.83. The lowest BCUT2D eigenvalue weighted by Crippen LogP contribution is -2.31. The summed E-state index contributed by atoms with van der Waals surface area (Å²) in [5.41, 5.74) is 6.15. The Morgan fingerprint density at radius 1 is 1.06 bits per heavy atom. The molecule has 0 saturated heterocycles. The molecule has 36 heavy (non-hydrogen) atoms. The van der Waals surface area contributed by atoms with Crippen molar-refractivity contribution < 1.29 is 9.53 Å². The van der Waals surface area contributed by atoms with Crippen molar-refractivity contribution in [3.05, 3.63) is 112 Å². The first-order valence-corrected chi connectivity index (χ1v) is 12.0. The molecule has 4 aromatic rings. The van der Waals surface area contributed by atoms with Gasteiger partial charge in [-0.2, -0.15) is 10.1 Å². The highest BCUT2D eigenvalue weighted by molar-refractivity contribution is 6.30.